The van der Waals surface area contributed by atoms with Gasteiger partial charge in [-0.15, -0.1) is 0 Å². The SMILES string of the molecule is Cc1ccc(OCCn2c(CCCCCNC(=O)c3cccc(Cl)c3)nc3ccccc32)cc1C. The summed E-state index contributed by atoms with van der Waals surface area (Å²) >= 11 is 5.97. The third-order valence-electron chi connectivity index (χ3n) is 6.25. The van der Waals surface area contributed by atoms with Crippen LogP contribution >= 0.6 is 11.6 Å². The van der Waals surface area contributed by atoms with Gasteiger partial charge in [0.05, 0.1) is 17.6 Å². The Labute approximate surface area is 212 Å². The number of carbonyl (C=O) groups excluding carboxylic acids is 1. The van der Waals surface area contributed by atoms with Crippen LogP contribution in [-0.4, -0.2) is 28.6 Å². The second kappa shape index (κ2) is 11.9. The van der Waals surface area contributed by atoms with Crippen molar-refractivity contribution in [1.29, 1.82) is 0 Å². The number of aromatic nitrogens is 2. The van der Waals surface area contributed by atoms with E-state index in [9.17, 15) is 4.79 Å². The number of hydrogen-bond donors (Lipinski definition) is 1. The maximum Gasteiger partial charge on any atom is 0.251 e. The molecule has 0 unspecified atom stereocenters. The summed E-state index contributed by atoms with van der Waals surface area (Å²) in [5.74, 6) is 1.90. The fourth-order valence-corrected chi connectivity index (χ4v) is 4.33. The number of benzene rings is 3. The summed E-state index contributed by atoms with van der Waals surface area (Å²) in [6.07, 6.45) is 3.83. The number of hydrogen-bond acceptors (Lipinski definition) is 3. The summed E-state index contributed by atoms with van der Waals surface area (Å²) in [4.78, 5) is 17.1. The first kappa shape index (κ1) is 24.8. The van der Waals surface area contributed by atoms with E-state index in [2.05, 4.69) is 54.1 Å². The lowest BCUT2D eigenvalue weighted by Crippen LogP contribution is -2.24. The first-order chi connectivity index (χ1) is 17.0. The monoisotopic (exact) mass is 489 g/mol. The van der Waals surface area contributed by atoms with Gasteiger partial charge in [0.25, 0.3) is 5.91 Å². The molecule has 6 heteroatoms. The maximum absolute atomic E-state index is 12.2. The number of unbranched alkanes of at least 4 members (excludes halogenated alkanes) is 2. The number of nitrogens with one attached hydrogen (secondary N) is 1. The summed E-state index contributed by atoms with van der Waals surface area (Å²) < 4.78 is 8.32. The molecule has 0 aliphatic rings. The molecular weight excluding hydrogens is 458 g/mol. The highest BCUT2D eigenvalue weighted by atomic mass is 35.5. The van der Waals surface area contributed by atoms with Gasteiger partial charge in [-0.3, -0.25) is 4.79 Å². The Morgan fingerprint density at radius 1 is 0.971 bits per heavy atom. The quantitative estimate of drug-likeness (QED) is 0.244. The van der Waals surface area contributed by atoms with E-state index in [4.69, 9.17) is 21.3 Å². The topological polar surface area (TPSA) is 56.1 Å². The van der Waals surface area contributed by atoms with E-state index in [1.165, 1.54) is 11.1 Å². The highest BCUT2D eigenvalue weighted by molar-refractivity contribution is 6.30. The Morgan fingerprint density at radius 2 is 1.83 bits per heavy atom. The third-order valence-corrected chi connectivity index (χ3v) is 6.48. The van der Waals surface area contributed by atoms with Crippen molar-refractivity contribution in [3.05, 3.63) is 94.3 Å². The largest absolute Gasteiger partial charge is 0.492 e. The van der Waals surface area contributed by atoms with Crippen LogP contribution in [0.3, 0.4) is 0 Å². The minimum atomic E-state index is -0.0851. The minimum Gasteiger partial charge on any atom is -0.492 e. The molecule has 0 atom stereocenters. The highest BCUT2D eigenvalue weighted by Gasteiger charge is 2.11. The molecule has 0 radical (unpaired) electrons. The summed E-state index contributed by atoms with van der Waals surface area (Å²) in [5.41, 5.74) is 5.25. The molecule has 0 fully saturated rings. The Kier molecular flexibility index (Phi) is 8.43. The molecule has 0 aliphatic heterocycles. The lowest BCUT2D eigenvalue weighted by atomic mass is 10.1. The lowest BCUT2D eigenvalue weighted by molar-refractivity contribution is 0.0953. The predicted molar refractivity (Wildman–Crippen MR) is 142 cm³/mol. The van der Waals surface area contributed by atoms with E-state index in [0.29, 0.717) is 23.7 Å². The average molecular weight is 490 g/mol. The fraction of sp³-hybridized carbons (Fsp3) is 0.310. The fourth-order valence-electron chi connectivity index (χ4n) is 4.14. The standard InChI is InChI=1S/C29H32ClN3O2/c1-21-14-15-25(19-22(21)2)35-18-17-33-27-12-6-5-11-26(27)32-28(33)13-4-3-7-16-31-29(34)23-9-8-10-24(30)20-23/h5-6,8-12,14-15,19-20H,3-4,7,13,16-18H2,1-2H3,(H,31,34). The average Bonchev–Trinajstić information content (AvgIpc) is 3.20. The van der Waals surface area contributed by atoms with Crippen molar-refractivity contribution in [2.75, 3.05) is 13.2 Å². The molecule has 5 nitrogen and oxygen atoms in total. The van der Waals surface area contributed by atoms with Gasteiger partial charge >= 0.3 is 0 Å². The van der Waals surface area contributed by atoms with Gasteiger partial charge in [-0.1, -0.05) is 42.3 Å². The molecule has 35 heavy (non-hydrogen) atoms. The van der Waals surface area contributed by atoms with E-state index in [1.54, 1.807) is 24.3 Å². The number of rotatable bonds is 11. The van der Waals surface area contributed by atoms with Gasteiger partial charge in [-0.2, -0.15) is 0 Å². The van der Waals surface area contributed by atoms with E-state index in [-0.39, 0.29) is 5.91 Å². The van der Waals surface area contributed by atoms with Gasteiger partial charge in [0.15, 0.2) is 0 Å². The van der Waals surface area contributed by atoms with Gasteiger partial charge in [-0.25, -0.2) is 4.98 Å². The second-order valence-electron chi connectivity index (χ2n) is 8.84. The van der Waals surface area contributed by atoms with Crippen LogP contribution in [0.4, 0.5) is 0 Å². The number of imidazole rings is 1. The number of halogens is 1. The van der Waals surface area contributed by atoms with Crippen molar-refractivity contribution in [2.24, 2.45) is 0 Å². The summed E-state index contributed by atoms with van der Waals surface area (Å²) in [6.45, 7) is 6.19. The molecule has 1 heterocycles. The molecular formula is C29H32ClN3O2. The van der Waals surface area contributed by atoms with Crippen molar-refractivity contribution < 1.29 is 9.53 Å². The minimum absolute atomic E-state index is 0.0851. The van der Waals surface area contributed by atoms with Gasteiger partial charge in [0.1, 0.15) is 18.2 Å². The summed E-state index contributed by atoms with van der Waals surface area (Å²) in [6, 6.07) is 21.5. The summed E-state index contributed by atoms with van der Waals surface area (Å²) in [7, 11) is 0. The molecule has 4 aromatic rings. The lowest BCUT2D eigenvalue weighted by Gasteiger charge is -2.12. The molecule has 0 saturated carbocycles. The smallest absolute Gasteiger partial charge is 0.251 e. The van der Waals surface area contributed by atoms with Gasteiger partial charge in [0.2, 0.25) is 0 Å². The van der Waals surface area contributed by atoms with Gasteiger partial charge in [-0.05, 0) is 80.3 Å². The van der Waals surface area contributed by atoms with Crippen LogP contribution in [0.15, 0.2) is 66.7 Å². The van der Waals surface area contributed by atoms with Crippen LogP contribution in [0.25, 0.3) is 11.0 Å². The van der Waals surface area contributed by atoms with Crippen molar-refractivity contribution in [3.63, 3.8) is 0 Å². The van der Waals surface area contributed by atoms with Crippen LogP contribution in [0.1, 0.15) is 46.6 Å². The zero-order valence-electron chi connectivity index (χ0n) is 20.4. The Balaban J connectivity index is 1.28. The van der Waals surface area contributed by atoms with Crippen molar-refractivity contribution in [3.8, 4) is 5.75 Å². The highest BCUT2D eigenvalue weighted by Crippen LogP contribution is 2.20. The normalized spacial score (nSPS) is 11.1. The van der Waals surface area contributed by atoms with E-state index in [1.807, 2.05) is 12.1 Å². The number of nitrogens with zero attached hydrogens (tertiary/aromatic N) is 2. The van der Waals surface area contributed by atoms with E-state index < -0.39 is 0 Å². The van der Waals surface area contributed by atoms with E-state index >= 15 is 0 Å². The van der Waals surface area contributed by atoms with Crippen LogP contribution < -0.4 is 10.1 Å². The van der Waals surface area contributed by atoms with Gasteiger partial charge < -0.3 is 14.6 Å². The van der Waals surface area contributed by atoms with Crippen molar-refractivity contribution in [1.82, 2.24) is 14.9 Å². The molecule has 0 bridgehead atoms. The number of ether oxygens (including phenoxy) is 1. The second-order valence-corrected chi connectivity index (χ2v) is 9.28. The Hall–Kier alpha value is -3.31. The molecule has 182 valence electrons. The first-order valence-electron chi connectivity index (χ1n) is 12.2. The molecule has 1 N–H and O–H groups in total. The number of aryl methyl sites for hydroxylation is 3. The molecule has 3 aromatic carbocycles. The number of amides is 1. The predicted octanol–water partition coefficient (Wildman–Crippen LogP) is 6.53. The summed E-state index contributed by atoms with van der Waals surface area (Å²) in [5, 5.41) is 3.54. The molecule has 1 aromatic heterocycles. The van der Waals surface area contributed by atoms with Crippen LogP contribution in [0, 0.1) is 13.8 Å². The number of carbonyl (C=O) groups is 1. The molecule has 4 rings (SSSR count). The molecule has 1 amide bonds. The maximum atomic E-state index is 12.2. The zero-order chi connectivity index (χ0) is 24.6. The van der Waals surface area contributed by atoms with Crippen LogP contribution in [0.2, 0.25) is 5.02 Å². The molecule has 0 saturated heterocycles. The van der Waals surface area contributed by atoms with Crippen molar-refractivity contribution >= 4 is 28.5 Å². The number of para-hydroxylation sites is 2. The Morgan fingerprint density at radius 3 is 2.66 bits per heavy atom. The van der Waals surface area contributed by atoms with E-state index in [0.717, 1.165) is 54.8 Å². The number of fused-ring (bicyclic) bond motifs is 1. The molecule has 0 spiro atoms. The first-order valence-corrected chi connectivity index (χ1v) is 12.6. The van der Waals surface area contributed by atoms with Gasteiger partial charge in [0, 0.05) is 23.6 Å². The molecule has 0 aliphatic carbocycles. The van der Waals surface area contributed by atoms with Crippen molar-refractivity contribution in [2.45, 2.75) is 46.1 Å². The third kappa shape index (κ3) is 6.64. The Bertz CT molecular complexity index is 1300. The van der Waals surface area contributed by atoms with Crippen LogP contribution in [-0.2, 0) is 13.0 Å². The van der Waals surface area contributed by atoms with Crippen LogP contribution in [0.5, 0.6) is 5.75 Å². The zero-order valence-corrected chi connectivity index (χ0v) is 21.1.